The summed E-state index contributed by atoms with van der Waals surface area (Å²) >= 11 is 5.83. The Morgan fingerprint density at radius 2 is 1.50 bits per heavy atom. The second-order valence-electron chi connectivity index (χ2n) is 6.27. The van der Waals surface area contributed by atoms with Gasteiger partial charge >= 0.3 is 6.09 Å². The molecule has 0 spiro atoms. The molecule has 6 heteroatoms. The summed E-state index contributed by atoms with van der Waals surface area (Å²) in [6.45, 7) is 7.48. The third-order valence-corrected chi connectivity index (χ3v) is 3.56. The summed E-state index contributed by atoms with van der Waals surface area (Å²) in [5.41, 5.74) is 0.1000. The average molecular weight is 325 g/mol. The SMILES string of the molecule is CC(C)(C)OC(=O)N1CCN(C(=O)c2ccc(Cl)cc2)CC1. The fourth-order valence-corrected chi connectivity index (χ4v) is 2.32. The van der Waals surface area contributed by atoms with E-state index in [2.05, 4.69) is 0 Å². The molecule has 0 radical (unpaired) electrons. The van der Waals surface area contributed by atoms with E-state index in [1.54, 1.807) is 34.1 Å². The molecule has 5 nitrogen and oxygen atoms in total. The van der Waals surface area contributed by atoms with Crippen molar-refractivity contribution in [3.8, 4) is 0 Å². The monoisotopic (exact) mass is 324 g/mol. The van der Waals surface area contributed by atoms with Crippen LogP contribution in [0.5, 0.6) is 0 Å². The van der Waals surface area contributed by atoms with Crippen LogP contribution in [0.15, 0.2) is 24.3 Å². The number of nitrogens with zero attached hydrogens (tertiary/aromatic N) is 2. The minimum absolute atomic E-state index is 0.0412. The molecule has 0 aliphatic carbocycles. The molecule has 0 atom stereocenters. The molecule has 1 aliphatic heterocycles. The zero-order chi connectivity index (χ0) is 16.3. The van der Waals surface area contributed by atoms with Crippen LogP contribution >= 0.6 is 11.6 Å². The van der Waals surface area contributed by atoms with Gasteiger partial charge in [0.15, 0.2) is 0 Å². The lowest BCUT2D eigenvalue weighted by Crippen LogP contribution is -2.51. The van der Waals surface area contributed by atoms with Crippen molar-refractivity contribution in [2.45, 2.75) is 26.4 Å². The van der Waals surface area contributed by atoms with Crippen molar-refractivity contribution in [3.05, 3.63) is 34.9 Å². The van der Waals surface area contributed by atoms with Crippen molar-refractivity contribution in [1.82, 2.24) is 9.80 Å². The Labute approximate surface area is 135 Å². The summed E-state index contributed by atoms with van der Waals surface area (Å²) in [5.74, 6) is -0.0412. The minimum Gasteiger partial charge on any atom is -0.444 e. The van der Waals surface area contributed by atoms with Crippen LogP contribution in [0, 0.1) is 0 Å². The highest BCUT2D eigenvalue weighted by molar-refractivity contribution is 6.30. The standard InChI is InChI=1S/C16H21ClN2O3/c1-16(2,3)22-15(21)19-10-8-18(9-11-19)14(20)12-4-6-13(17)7-5-12/h4-7H,8-11H2,1-3H3. The Morgan fingerprint density at radius 1 is 1.00 bits per heavy atom. The lowest BCUT2D eigenvalue weighted by molar-refractivity contribution is 0.0141. The van der Waals surface area contributed by atoms with Crippen molar-refractivity contribution >= 4 is 23.6 Å². The summed E-state index contributed by atoms with van der Waals surface area (Å²) in [6.07, 6.45) is -0.328. The van der Waals surface area contributed by atoms with Gasteiger partial charge in [-0.05, 0) is 45.0 Å². The van der Waals surface area contributed by atoms with Gasteiger partial charge in [0.05, 0.1) is 0 Å². The first kappa shape index (κ1) is 16.6. The lowest BCUT2D eigenvalue weighted by Gasteiger charge is -2.35. The third kappa shape index (κ3) is 4.37. The highest BCUT2D eigenvalue weighted by Crippen LogP contribution is 2.15. The number of benzene rings is 1. The quantitative estimate of drug-likeness (QED) is 0.798. The molecule has 1 saturated heterocycles. The van der Waals surface area contributed by atoms with Crippen LogP contribution in [0.25, 0.3) is 0 Å². The number of ether oxygens (including phenoxy) is 1. The zero-order valence-corrected chi connectivity index (χ0v) is 13.9. The molecule has 0 N–H and O–H groups in total. The summed E-state index contributed by atoms with van der Waals surface area (Å²) in [7, 11) is 0. The molecule has 22 heavy (non-hydrogen) atoms. The molecule has 0 saturated carbocycles. The Hall–Kier alpha value is -1.75. The van der Waals surface area contributed by atoms with Gasteiger partial charge in [-0.3, -0.25) is 4.79 Å². The largest absolute Gasteiger partial charge is 0.444 e. The van der Waals surface area contributed by atoms with Gasteiger partial charge in [-0.15, -0.1) is 0 Å². The molecule has 2 rings (SSSR count). The number of amides is 2. The van der Waals surface area contributed by atoms with Crippen LogP contribution in [0.4, 0.5) is 4.79 Å². The Kier molecular flexibility index (Phi) is 4.96. The normalized spacial score (nSPS) is 15.6. The van der Waals surface area contributed by atoms with Crippen LogP contribution < -0.4 is 0 Å². The van der Waals surface area contributed by atoms with Crippen LogP contribution in [-0.2, 0) is 4.74 Å². The second kappa shape index (κ2) is 6.57. The summed E-state index contributed by atoms with van der Waals surface area (Å²) in [4.78, 5) is 27.7. The van der Waals surface area contributed by atoms with Gasteiger partial charge in [0.25, 0.3) is 5.91 Å². The molecule has 1 aromatic rings. The van der Waals surface area contributed by atoms with E-state index in [0.717, 1.165) is 0 Å². The van der Waals surface area contributed by atoms with E-state index in [9.17, 15) is 9.59 Å². The van der Waals surface area contributed by atoms with Gasteiger partial charge in [0, 0.05) is 36.8 Å². The van der Waals surface area contributed by atoms with Gasteiger partial charge in [-0.25, -0.2) is 4.79 Å². The predicted molar refractivity (Wildman–Crippen MR) is 85.2 cm³/mol. The fraction of sp³-hybridized carbons (Fsp3) is 0.500. The summed E-state index contributed by atoms with van der Waals surface area (Å²) < 4.78 is 5.34. The molecule has 1 heterocycles. The van der Waals surface area contributed by atoms with Crippen LogP contribution in [0.1, 0.15) is 31.1 Å². The van der Waals surface area contributed by atoms with E-state index in [4.69, 9.17) is 16.3 Å². The van der Waals surface area contributed by atoms with Crippen molar-refractivity contribution < 1.29 is 14.3 Å². The molecule has 1 aliphatic rings. The number of hydrogen-bond donors (Lipinski definition) is 0. The Bertz CT molecular complexity index is 544. The number of halogens is 1. The van der Waals surface area contributed by atoms with Gasteiger partial charge in [-0.2, -0.15) is 0 Å². The number of hydrogen-bond acceptors (Lipinski definition) is 3. The smallest absolute Gasteiger partial charge is 0.410 e. The molecule has 1 fully saturated rings. The molecule has 0 bridgehead atoms. The van der Waals surface area contributed by atoms with Crippen molar-refractivity contribution in [2.24, 2.45) is 0 Å². The van der Waals surface area contributed by atoms with Crippen LogP contribution in [0.2, 0.25) is 5.02 Å². The molecular formula is C16H21ClN2O3. The fourth-order valence-electron chi connectivity index (χ4n) is 2.19. The number of rotatable bonds is 1. The lowest BCUT2D eigenvalue weighted by atomic mass is 10.2. The first-order chi connectivity index (χ1) is 10.3. The highest BCUT2D eigenvalue weighted by atomic mass is 35.5. The van der Waals surface area contributed by atoms with E-state index in [1.165, 1.54) is 0 Å². The molecule has 2 amide bonds. The van der Waals surface area contributed by atoms with Crippen molar-refractivity contribution in [3.63, 3.8) is 0 Å². The average Bonchev–Trinajstić information content (AvgIpc) is 2.46. The van der Waals surface area contributed by atoms with Crippen LogP contribution in [-0.4, -0.2) is 53.6 Å². The van der Waals surface area contributed by atoms with E-state index < -0.39 is 5.60 Å². The Morgan fingerprint density at radius 3 is 2.00 bits per heavy atom. The molecule has 120 valence electrons. The summed E-state index contributed by atoms with van der Waals surface area (Å²) in [5, 5.41) is 0.603. The van der Waals surface area contributed by atoms with E-state index in [0.29, 0.717) is 36.8 Å². The number of piperazine rings is 1. The number of carbonyl (C=O) groups is 2. The first-order valence-corrected chi connectivity index (χ1v) is 7.67. The Balaban J connectivity index is 1.90. The topological polar surface area (TPSA) is 49.9 Å². The van der Waals surface area contributed by atoms with E-state index in [1.807, 2.05) is 20.8 Å². The van der Waals surface area contributed by atoms with Gasteiger partial charge < -0.3 is 14.5 Å². The first-order valence-electron chi connectivity index (χ1n) is 7.29. The van der Waals surface area contributed by atoms with E-state index in [-0.39, 0.29) is 12.0 Å². The molecular weight excluding hydrogens is 304 g/mol. The second-order valence-corrected chi connectivity index (χ2v) is 6.70. The maximum atomic E-state index is 12.4. The maximum absolute atomic E-state index is 12.4. The highest BCUT2D eigenvalue weighted by Gasteiger charge is 2.27. The molecule has 0 unspecified atom stereocenters. The van der Waals surface area contributed by atoms with Crippen LogP contribution in [0.3, 0.4) is 0 Å². The molecule has 0 aromatic heterocycles. The number of carbonyl (C=O) groups excluding carboxylic acids is 2. The van der Waals surface area contributed by atoms with Gasteiger partial charge in [0.1, 0.15) is 5.60 Å². The van der Waals surface area contributed by atoms with E-state index >= 15 is 0 Å². The maximum Gasteiger partial charge on any atom is 0.410 e. The third-order valence-electron chi connectivity index (χ3n) is 3.31. The summed E-state index contributed by atoms with van der Waals surface area (Å²) in [6, 6.07) is 6.83. The van der Waals surface area contributed by atoms with Crippen molar-refractivity contribution in [1.29, 1.82) is 0 Å². The van der Waals surface area contributed by atoms with Gasteiger partial charge in [-0.1, -0.05) is 11.6 Å². The predicted octanol–water partition coefficient (Wildman–Crippen LogP) is 3.03. The minimum atomic E-state index is -0.507. The molecule has 1 aromatic carbocycles. The zero-order valence-electron chi connectivity index (χ0n) is 13.1. The van der Waals surface area contributed by atoms with Gasteiger partial charge in [0.2, 0.25) is 0 Å². The van der Waals surface area contributed by atoms with Crippen molar-refractivity contribution in [2.75, 3.05) is 26.2 Å².